The molecule has 0 fully saturated rings. The summed E-state index contributed by atoms with van der Waals surface area (Å²) in [5.41, 5.74) is 5.06. The monoisotopic (exact) mass is 286 g/mol. The summed E-state index contributed by atoms with van der Waals surface area (Å²) in [5, 5.41) is 3.51. The summed E-state index contributed by atoms with van der Waals surface area (Å²) in [4.78, 5) is 18.9. The first kappa shape index (κ1) is 15.7. The van der Waals surface area contributed by atoms with Crippen LogP contribution in [0.1, 0.15) is 32.0 Å². The Morgan fingerprint density at radius 2 is 2.26 bits per heavy atom. The summed E-state index contributed by atoms with van der Waals surface area (Å²) in [7, 11) is 0. The van der Waals surface area contributed by atoms with E-state index in [0.29, 0.717) is 43.0 Å². The van der Waals surface area contributed by atoms with Crippen LogP contribution in [0.25, 0.3) is 0 Å². The Labute approximate surface area is 117 Å². The average molecular weight is 287 g/mol. The van der Waals surface area contributed by atoms with E-state index in [0.717, 1.165) is 12.8 Å². The Bertz CT molecular complexity index is 415. The number of halogens is 1. The van der Waals surface area contributed by atoms with E-state index in [4.69, 9.17) is 22.1 Å². The molecule has 0 unspecified atom stereocenters. The molecule has 19 heavy (non-hydrogen) atoms. The van der Waals surface area contributed by atoms with Gasteiger partial charge in [0.15, 0.2) is 5.82 Å². The number of anilines is 1. The van der Waals surface area contributed by atoms with Crippen LogP contribution in [0.3, 0.4) is 0 Å². The Balaban J connectivity index is 2.40. The van der Waals surface area contributed by atoms with Gasteiger partial charge >= 0.3 is 0 Å². The molecule has 0 radical (unpaired) electrons. The quantitative estimate of drug-likeness (QED) is 0.533. The zero-order valence-electron chi connectivity index (χ0n) is 11.0. The highest BCUT2D eigenvalue weighted by Crippen LogP contribution is 2.12. The number of unbranched alkanes of at least 4 members (excludes halogenated alkanes) is 1. The van der Waals surface area contributed by atoms with Crippen LogP contribution in [-0.4, -0.2) is 29.0 Å². The van der Waals surface area contributed by atoms with Gasteiger partial charge in [0.2, 0.25) is 5.91 Å². The smallest absolute Gasteiger partial charge is 0.217 e. The Kier molecular flexibility index (Phi) is 7.14. The van der Waals surface area contributed by atoms with Crippen molar-refractivity contribution in [2.75, 3.05) is 18.5 Å². The molecule has 106 valence electrons. The minimum atomic E-state index is -0.274. The van der Waals surface area contributed by atoms with E-state index in [-0.39, 0.29) is 5.91 Å². The zero-order chi connectivity index (χ0) is 14.1. The fourth-order valence-electron chi connectivity index (χ4n) is 1.45. The molecule has 1 heterocycles. The molecule has 0 saturated carbocycles. The number of hydrogen-bond donors (Lipinski definition) is 2. The molecular formula is C12H19ClN4O2. The number of aromatic nitrogens is 2. The molecule has 1 rings (SSSR count). The second kappa shape index (κ2) is 8.66. The van der Waals surface area contributed by atoms with Gasteiger partial charge in [0.25, 0.3) is 0 Å². The average Bonchev–Trinajstić information content (AvgIpc) is 2.35. The van der Waals surface area contributed by atoms with Crippen molar-refractivity contribution in [1.29, 1.82) is 0 Å². The van der Waals surface area contributed by atoms with Crippen molar-refractivity contribution in [2.24, 2.45) is 5.73 Å². The highest BCUT2D eigenvalue weighted by Gasteiger charge is 2.03. The molecule has 0 aromatic carbocycles. The Hall–Kier alpha value is -1.40. The fourth-order valence-corrected chi connectivity index (χ4v) is 1.65. The normalized spacial score (nSPS) is 10.4. The molecule has 3 N–H and O–H groups in total. The molecule has 1 aromatic heterocycles. The van der Waals surface area contributed by atoms with E-state index >= 15 is 0 Å². The van der Waals surface area contributed by atoms with Gasteiger partial charge in [-0.25, -0.2) is 9.97 Å². The van der Waals surface area contributed by atoms with E-state index in [2.05, 4.69) is 15.3 Å². The van der Waals surface area contributed by atoms with Crippen LogP contribution in [0.15, 0.2) is 6.07 Å². The van der Waals surface area contributed by atoms with Crippen LogP contribution in [0.5, 0.6) is 0 Å². The Morgan fingerprint density at radius 3 is 2.95 bits per heavy atom. The number of rotatable bonds is 9. The lowest BCUT2D eigenvalue weighted by molar-refractivity contribution is -0.118. The molecule has 1 aromatic rings. The lowest BCUT2D eigenvalue weighted by atomic mass is 10.2. The van der Waals surface area contributed by atoms with Crippen molar-refractivity contribution >= 4 is 23.3 Å². The number of nitrogens with zero attached hydrogens (tertiary/aromatic N) is 2. The van der Waals surface area contributed by atoms with Gasteiger partial charge in [-0.3, -0.25) is 4.79 Å². The number of nitrogens with one attached hydrogen (secondary N) is 1. The van der Waals surface area contributed by atoms with E-state index in [1.54, 1.807) is 6.07 Å². The summed E-state index contributed by atoms with van der Waals surface area (Å²) in [6.07, 6.45) is 2.00. The number of carbonyl (C=O) groups excluding carboxylic acids is 1. The molecule has 0 aliphatic heterocycles. The number of nitrogens with two attached hydrogens (primary N) is 1. The lowest BCUT2D eigenvalue weighted by Crippen LogP contribution is -2.11. The van der Waals surface area contributed by atoms with Gasteiger partial charge in [-0.1, -0.05) is 11.6 Å². The first-order valence-corrected chi connectivity index (χ1v) is 6.63. The number of carbonyl (C=O) groups is 1. The van der Waals surface area contributed by atoms with Crippen LogP contribution in [0.4, 0.5) is 5.82 Å². The van der Waals surface area contributed by atoms with Gasteiger partial charge in [0.1, 0.15) is 17.6 Å². The van der Waals surface area contributed by atoms with Crippen LogP contribution in [0, 0.1) is 0 Å². The SMILES string of the molecule is CCOCc1nc(Cl)cc(NCCCCC(N)=O)n1. The van der Waals surface area contributed by atoms with Crippen LogP contribution in [0.2, 0.25) is 5.15 Å². The second-order valence-corrected chi connectivity index (χ2v) is 4.37. The molecule has 0 bridgehead atoms. The second-order valence-electron chi connectivity index (χ2n) is 3.98. The third-order valence-electron chi connectivity index (χ3n) is 2.33. The summed E-state index contributed by atoms with van der Waals surface area (Å²) in [5.74, 6) is 0.937. The maximum absolute atomic E-state index is 10.6. The number of amides is 1. The molecule has 0 saturated heterocycles. The molecular weight excluding hydrogens is 268 g/mol. The predicted molar refractivity (Wildman–Crippen MR) is 73.9 cm³/mol. The molecule has 7 heteroatoms. The van der Waals surface area contributed by atoms with Crippen molar-refractivity contribution in [3.05, 3.63) is 17.0 Å². The fraction of sp³-hybridized carbons (Fsp3) is 0.583. The first-order valence-electron chi connectivity index (χ1n) is 6.25. The summed E-state index contributed by atoms with van der Waals surface area (Å²) >= 11 is 5.90. The van der Waals surface area contributed by atoms with Crippen molar-refractivity contribution in [1.82, 2.24) is 9.97 Å². The number of hydrogen-bond acceptors (Lipinski definition) is 5. The summed E-state index contributed by atoms with van der Waals surface area (Å²) < 4.78 is 5.24. The van der Waals surface area contributed by atoms with Gasteiger partial charge in [-0.15, -0.1) is 0 Å². The predicted octanol–water partition coefficient (Wildman–Crippen LogP) is 1.73. The zero-order valence-corrected chi connectivity index (χ0v) is 11.7. The number of primary amides is 1. The third kappa shape index (κ3) is 6.93. The minimum absolute atomic E-state index is 0.274. The molecule has 6 nitrogen and oxygen atoms in total. The van der Waals surface area contributed by atoms with Crippen molar-refractivity contribution in [3.8, 4) is 0 Å². The first-order chi connectivity index (χ1) is 9.11. The molecule has 0 spiro atoms. The van der Waals surface area contributed by atoms with E-state index in [1.807, 2.05) is 6.92 Å². The Morgan fingerprint density at radius 1 is 1.47 bits per heavy atom. The highest BCUT2D eigenvalue weighted by atomic mass is 35.5. The summed E-state index contributed by atoms with van der Waals surface area (Å²) in [6.45, 7) is 3.55. The largest absolute Gasteiger partial charge is 0.374 e. The maximum atomic E-state index is 10.6. The van der Waals surface area contributed by atoms with Gasteiger partial charge in [-0.2, -0.15) is 0 Å². The van der Waals surface area contributed by atoms with Gasteiger partial charge in [0.05, 0.1) is 0 Å². The summed E-state index contributed by atoms with van der Waals surface area (Å²) in [6, 6.07) is 1.66. The van der Waals surface area contributed by atoms with Gasteiger partial charge < -0.3 is 15.8 Å². The third-order valence-corrected chi connectivity index (χ3v) is 2.53. The maximum Gasteiger partial charge on any atom is 0.217 e. The number of ether oxygens (including phenoxy) is 1. The van der Waals surface area contributed by atoms with Crippen molar-refractivity contribution in [2.45, 2.75) is 32.8 Å². The molecule has 0 aliphatic carbocycles. The van der Waals surface area contributed by atoms with Crippen molar-refractivity contribution < 1.29 is 9.53 Å². The lowest BCUT2D eigenvalue weighted by Gasteiger charge is -2.07. The van der Waals surface area contributed by atoms with Gasteiger partial charge in [0, 0.05) is 25.6 Å². The van der Waals surface area contributed by atoms with E-state index in [1.165, 1.54) is 0 Å². The topological polar surface area (TPSA) is 90.1 Å². The van der Waals surface area contributed by atoms with Crippen molar-refractivity contribution in [3.63, 3.8) is 0 Å². The van der Waals surface area contributed by atoms with Crippen LogP contribution >= 0.6 is 11.6 Å². The van der Waals surface area contributed by atoms with E-state index < -0.39 is 0 Å². The standard InChI is InChI=1S/C12H19ClN4O2/c1-2-19-8-12-16-9(13)7-11(17-12)15-6-4-3-5-10(14)18/h7H,2-6,8H2,1H3,(H2,14,18)(H,15,16,17). The van der Waals surface area contributed by atoms with Crippen LogP contribution < -0.4 is 11.1 Å². The molecule has 1 amide bonds. The van der Waals surface area contributed by atoms with Crippen LogP contribution in [-0.2, 0) is 16.1 Å². The minimum Gasteiger partial charge on any atom is -0.374 e. The van der Waals surface area contributed by atoms with E-state index in [9.17, 15) is 4.79 Å². The molecule has 0 aliphatic rings. The molecule has 0 atom stereocenters. The highest BCUT2D eigenvalue weighted by molar-refractivity contribution is 6.29. The van der Waals surface area contributed by atoms with Gasteiger partial charge in [-0.05, 0) is 19.8 Å².